The highest BCUT2D eigenvalue weighted by molar-refractivity contribution is 7.92. The summed E-state index contributed by atoms with van der Waals surface area (Å²) in [6.45, 7) is 0.321. The SMILES string of the molecule is COc1cc(NS(=O)(=O)c2ccc3c(c2)-c2oncc2CO3)cc(OC)c1OC. The van der Waals surface area contributed by atoms with Crippen LogP contribution in [0.4, 0.5) is 5.69 Å². The summed E-state index contributed by atoms with van der Waals surface area (Å²) in [5.74, 6) is 2.04. The smallest absolute Gasteiger partial charge is 0.261 e. The quantitative estimate of drug-likeness (QED) is 0.651. The Bertz CT molecular complexity index is 1150. The third-order valence-electron chi connectivity index (χ3n) is 4.45. The Hall–Kier alpha value is -3.40. The number of hydrogen-bond donors (Lipinski definition) is 1. The predicted molar refractivity (Wildman–Crippen MR) is 103 cm³/mol. The van der Waals surface area contributed by atoms with E-state index in [4.69, 9.17) is 23.5 Å². The number of sulfonamides is 1. The van der Waals surface area contributed by atoms with Crippen LogP contribution >= 0.6 is 0 Å². The molecule has 10 heteroatoms. The van der Waals surface area contributed by atoms with Gasteiger partial charge in [0.15, 0.2) is 17.3 Å². The van der Waals surface area contributed by atoms with Crippen LogP contribution in [0.2, 0.25) is 0 Å². The first-order valence-electron chi connectivity index (χ1n) is 8.50. The second-order valence-electron chi connectivity index (χ2n) is 6.15. The van der Waals surface area contributed by atoms with Crippen LogP contribution < -0.4 is 23.7 Å². The number of benzene rings is 2. The van der Waals surface area contributed by atoms with Crippen LogP contribution in [0.15, 0.2) is 45.9 Å². The molecule has 0 fully saturated rings. The molecule has 0 bridgehead atoms. The molecular weight excluding hydrogens is 400 g/mol. The van der Waals surface area contributed by atoms with Gasteiger partial charge in [-0.25, -0.2) is 8.42 Å². The lowest BCUT2D eigenvalue weighted by Crippen LogP contribution is -2.14. The molecule has 1 N–H and O–H groups in total. The first-order valence-corrected chi connectivity index (χ1v) is 9.98. The average Bonchev–Trinajstić information content (AvgIpc) is 3.21. The fourth-order valence-corrected chi connectivity index (χ4v) is 4.14. The van der Waals surface area contributed by atoms with Gasteiger partial charge in [0.25, 0.3) is 10.0 Å². The molecule has 0 amide bonds. The van der Waals surface area contributed by atoms with Crippen LogP contribution in [-0.4, -0.2) is 34.9 Å². The van der Waals surface area contributed by atoms with Crippen molar-refractivity contribution in [1.29, 1.82) is 0 Å². The summed E-state index contributed by atoms with van der Waals surface area (Å²) < 4.78 is 55.2. The first-order chi connectivity index (χ1) is 14.0. The zero-order valence-electron chi connectivity index (χ0n) is 15.9. The maximum absolute atomic E-state index is 13.0. The Morgan fingerprint density at radius 1 is 1.03 bits per heavy atom. The lowest BCUT2D eigenvalue weighted by Gasteiger charge is -2.18. The van der Waals surface area contributed by atoms with Gasteiger partial charge in [-0.3, -0.25) is 4.72 Å². The number of fused-ring (bicyclic) bond motifs is 3. The van der Waals surface area contributed by atoms with Crippen LogP contribution in [0.5, 0.6) is 23.0 Å². The summed E-state index contributed by atoms with van der Waals surface area (Å²) in [6.07, 6.45) is 1.55. The van der Waals surface area contributed by atoms with Gasteiger partial charge in [0.05, 0.1) is 49.2 Å². The molecule has 0 spiro atoms. The summed E-state index contributed by atoms with van der Waals surface area (Å²) in [6, 6.07) is 7.55. The summed E-state index contributed by atoms with van der Waals surface area (Å²) in [5.41, 5.74) is 1.54. The molecule has 3 aromatic rings. The Balaban J connectivity index is 1.72. The molecule has 4 rings (SSSR count). The molecule has 0 aliphatic carbocycles. The van der Waals surface area contributed by atoms with Crippen molar-refractivity contribution in [3.63, 3.8) is 0 Å². The van der Waals surface area contributed by atoms with Gasteiger partial charge in [0, 0.05) is 12.1 Å². The normalized spacial score (nSPS) is 12.4. The maximum atomic E-state index is 13.0. The van der Waals surface area contributed by atoms with Crippen molar-refractivity contribution in [2.75, 3.05) is 26.1 Å². The van der Waals surface area contributed by atoms with E-state index in [0.29, 0.717) is 40.9 Å². The number of methoxy groups -OCH3 is 3. The summed E-state index contributed by atoms with van der Waals surface area (Å²) >= 11 is 0. The summed E-state index contributed by atoms with van der Waals surface area (Å²) in [7, 11) is 0.453. The molecule has 0 unspecified atom stereocenters. The minimum absolute atomic E-state index is 0.0397. The Labute approximate surface area is 167 Å². The van der Waals surface area contributed by atoms with Gasteiger partial charge < -0.3 is 23.5 Å². The maximum Gasteiger partial charge on any atom is 0.261 e. The van der Waals surface area contributed by atoms with E-state index in [1.54, 1.807) is 12.3 Å². The zero-order valence-corrected chi connectivity index (χ0v) is 16.7. The second kappa shape index (κ2) is 7.21. The molecule has 1 aliphatic rings. The van der Waals surface area contributed by atoms with Gasteiger partial charge in [-0.2, -0.15) is 0 Å². The molecule has 152 valence electrons. The highest BCUT2D eigenvalue weighted by atomic mass is 32.2. The Kier molecular flexibility index (Phi) is 4.71. The van der Waals surface area contributed by atoms with Gasteiger partial charge in [-0.05, 0) is 18.2 Å². The monoisotopic (exact) mass is 418 g/mol. The number of hydrogen-bond acceptors (Lipinski definition) is 8. The number of ether oxygens (including phenoxy) is 4. The van der Waals surface area contributed by atoms with Crippen molar-refractivity contribution in [2.24, 2.45) is 0 Å². The van der Waals surface area contributed by atoms with E-state index in [-0.39, 0.29) is 10.6 Å². The predicted octanol–water partition coefficient (Wildman–Crippen LogP) is 3.06. The van der Waals surface area contributed by atoms with Crippen molar-refractivity contribution in [3.8, 4) is 34.3 Å². The third kappa shape index (κ3) is 3.31. The number of anilines is 1. The zero-order chi connectivity index (χ0) is 20.6. The Morgan fingerprint density at radius 2 is 1.76 bits per heavy atom. The van der Waals surface area contributed by atoms with E-state index in [0.717, 1.165) is 5.56 Å². The third-order valence-corrected chi connectivity index (χ3v) is 5.83. The van der Waals surface area contributed by atoms with Crippen LogP contribution in [0.25, 0.3) is 11.3 Å². The van der Waals surface area contributed by atoms with Gasteiger partial charge in [0.1, 0.15) is 12.4 Å². The summed E-state index contributed by atoms with van der Waals surface area (Å²) in [4.78, 5) is 0.0397. The number of nitrogens with one attached hydrogen (secondary N) is 1. The molecule has 2 heterocycles. The highest BCUT2D eigenvalue weighted by Crippen LogP contribution is 2.41. The van der Waals surface area contributed by atoms with Crippen LogP contribution in [0.3, 0.4) is 0 Å². The molecule has 29 heavy (non-hydrogen) atoms. The minimum Gasteiger partial charge on any atom is -0.493 e. The lowest BCUT2D eigenvalue weighted by molar-refractivity contribution is 0.297. The van der Waals surface area contributed by atoms with Gasteiger partial charge in [-0.15, -0.1) is 0 Å². The molecule has 1 aliphatic heterocycles. The molecule has 9 nitrogen and oxygen atoms in total. The second-order valence-corrected chi connectivity index (χ2v) is 7.83. The lowest BCUT2D eigenvalue weighted by atomic mass is 10.1. The van der Waals surface area contributed by atoms with E-state index in [2.05, 4.69) is 9.88 Å². The topological polar surface area (TPSA) is 109 Å². The van der Waals surface area contributed by atoms with Gasteiger partial charge in [0.2, 0.25) is 5.75 Å². The van der Waals surface area contributed by atoms with Crippen molar-refractivity contribution in [2.45, 2.75) is 11.5 Å². The van der Waals surface area contributed by atoms with E-state index < -0.39 is 10.0 Å². The van der Waals surface area contributed by atoms with Crippen molar-refractivity contribution in [1.82, 2.24) is 5.16 Å². The average molecular weight is 418 g/mol. The van der Waals surface area contributed by atoms with Crippen LogP contribution in [0, 0.1) is 0 Å². The largest absolute Gasteiger partial charge is 0.493 e. The molecule has 1 aromatic heterocycles. The van der Waals surface area contributed by atoms with E-state index in [1.807, 2.05) is 0 Å². The van der Waals surface area contributed by atoms with Crippen LogP contribution in [0.1, 0.15) is 5.56 Å². The van der Waals surface area contributed by atoms with E-state index >= 15 is 0 Å². The standard InChI is InChI=1S/C19H18N2O7S/c1-24-16-6-12(7-17(25-2)19(16)26-3)21-29(22,23)13-4-5-15-14(8-13)18-11(10-27-15)9-20-28-18/h4-9,21H,10H2,1-3H3. The molecule has 0 atom stereocenters. The summed E-state index contributed by atoms with van der Waals surface area (Å²) in [5, 5.41) is 3.76. The highest BCUT2D eigenvalue weighted by Gasteiger charge is 2.25. The number of nitrogens with zero attached hydrogens (tertiary/aromatic N) is 1. The van der Waals surface area contributed by atoms with Crippen molar-refractivity contribution >= 4 is 15.7 Å². The Morgan fingerprint density at radius 3 is 2.41 bits per heavy atom. The number of aromatic nitrogens is 1. The van der Waals surface area contributed by atoms with Crippen LogP contribution in [-0.2, 0) is 16.6 Å². The molecule has 2 aromatic carbocycles. The number of rotatable bonds is 6. The van der Waals surface area contributed by atoms with E-state index in [1.165, 1.54) is 45.6 Å². The molecule has 0 saturated carbocycles. The van der Waals surface area contributed by atoms with Gasteiger partial charge >= 0.3 is 0 Å². The first kappa shape index (κ1) is 18.9. The van der Waals surface area contributed by atoms with E-state index in [9.17, 15) is 8.42 Å². The fourth-order valence-electron chi connectivity index (χ4n) is 3.07. The van der Waals surface area contributed by atoms with Crippen molar-refractivity contribution in [3.05, 3.63) is 42.1 Å². The minimum atomic E-state index is -3.92. The molecule has 0 saturated heterocycles. The fraction of sp³-hybridized carbons (Fsp3) is 0.211. The van der Waals surface area contributed by atoms with Crippen molar-refractivity contribution < 1.29 is 31.9 Å². The molecule has 0 radical (unpaired) electrons. The molecular formula is C19H18N2O7S. The van der Waals surface area contributed by atoms with Gasteiger partial charge in [-0.1, -0.05) is 5.16 Å².